The first-order valence-electron chi connectivity index (χ1n) is 10.1. The zero-order chi connectivity index (χ0) is 21.1. The van der Waals surface area contributed by atoms with Crippen molar-refractivity contribution in [1.29, 1.82) is 0 Å². The predicted molar refractivity (Wildman–Crippen MR) is 112 cm³/mol. The highest BCUT2D eigenvalue weighted by Crippen LogP contribution is 2.19. The van der Waals surface area contributed by atoms with Crippen molar-refractivity contribution in [2.45, 2.75) is 32.9 Å². The van der Waals surface area contributed by atoms with Gasteiger partial charge in [0.25, 0.3) is 11.8 Å². The summed E-state index contributed by atoms with van der Waals surface area (Å²) in [6.45, 7) is 3.42. The van der Waals surface area contributed by atoms with E-state index in [1.165, 1.54) is 18.2 Å². The summed E-state index contributed by atoms with van der Waals surface area (Å²) < 4.78 is 15.1. The molecule has 0 aliphatic carbocycles. The number of benzene rings is 2. The van der Waals surface area contributed by atoms with E-state index in [4.69, 9.17) is 0 Å². The molecule has 30 heavy (non-hydrogen) atoms. The molecular weight excluding hydrogens is 383 g/mol. The Balaban J connectivity index is 1.54. The molecule has 0 spiro atoms. The van der Waals surface area contributed by atoms with Crippen LogP contribution in [-0.2, 0) is 19.5 Å². The van der Waals surface area contributed by atoms with Gasteiger partial charge in [-0.25, -0.2) is 4.39 Å². The lowest BCUT2D eigenvalue weighted by molar-refractivity contribution is 0.0745. The van der Waals surface area contributed by atoms with Crippen LogP contribution in [0.3, 0.4) is 0 Å². The van der Waals surface area contributed by atoms with E-state index in [0.717, 1.165) is 23.2 Å². The van der Waals surface area contributed by atoms with Gasteiger partial charge in [-0.1, -0.05) is 37.3 Å². The Morgan fingerprint density at radius 1 is 1.13 bits per heavy atom. The molecule has 7 heteroatoms. The number of aryl methyl sites for hydroxylation is 2. The van der Waals surface area contributed by atoms with Crippen LogP contribution in [0.25, 0.3) is 0 Å². The summed E-state index contributed by atoms with van der Waals surface area (Å²) in [6, 6.07) is 15.4. The van der Waals surface area contributed by atoms with Crippen molar-refractivity contribution in [3.05, 3.63) is 82.9 Å². The number of anilines is 1. The third-order valence-electron chi connectivity index (χ3n) is 5.23. The van der Waals surface area contributed by atoms with E-state index in [2.05, 4.69) is 10.4 Å². The molecule has 1 N–H and O–H groups in total. The van der Waals surface area contributed by atoms with Gasteiger partial charge in [-0.05, 0) is 42.2 Å². The van der Waals surface area contributed by atoms with Gasteiger partial charge in [-0.2, -0.15) is 5.10 Å². The first-order chi connectivity index (χ1) is 14.5. The lowest BCUT2D eigenvalue weighted by Crippen LogP contribution is -2.30. The van der Waals surface area contributed by atoms with Crippen molar-refractivity contribution in [2.75, 3.05) is 11.9 Å². The Morgan fingerprint density at radius 2 is 1.97 bits per heavy atom. The minimum Gasteiger partial charge on any atom is -0.333 e. The van der Waals surface area contributed by atoms with E-state index in [1.54, 1.807) is 21.7 Å². The second-order valence-electron chi connectivity index (χ2n) is 7.31. The van der Waals surface area contributed by atoms with E-state index in [0.29, 0.717) is 31.7 Å². The maximum absolute atomic E-state index is 13.5. The molecule has 1 aliphatic heterocycles. The number of nitrogens with zero attached hydrogens (tertiary/aromatic N) is 3. The van der Waals surface area contributed by atoms with Crippen molar-refractivity contribution in [3.8, 4) is 0 Å². The van der Waals surface area contributed by atoms with Crippen molar-refractivity contribution in [2.24, 2.45) is 0 Å². The van der Waals surface area contributed by atoms with Crippen molar-refractivity contribution >= 4 is 17.5 Å². The molecule has 3 aromatic rings. The highest BCUT2D eigenvalue weighted by Gasteiger charge is 2.26. The smallest absolute Gasteiger partial charge is 0.276 e. The molecule has 0 unspecified atom stereocenters. The Morgan fingerprint density at radius 3 is 2.77 bits per heavy atom. The number of para-hydroxylation sites is 1. The second kappa shape index (κ2) is 8.49. The first-order valence-corrected chi connectivity index (χ1v) is 10.1. The van der Waals surface area contributed by atoms with Gasteiger partial charge in [0.05, 0.1) is 0 Å². The molecule has 2 amide bonds. The zero-order valence-corrected chi connectivity index (χ0v) is 16.8. The largest absolute Gasteiger partial charge is 0.333 e. The number of amides is 2. The van der Waals surface area contributed by atoms with Crippen molar-refractivity contribution < 1.29 is 14.0 Å². The van der Waals surface area contributed by atoms with Crippen molar-refractivity contribution in [1.82, 2.24) is 14.7 Å². The molecule has 0 saturated heterocycles. The summed E-state index contributed by atoms with van der Waals surface area (Å²) in [5.41, 5.74) is 3.08. The second-order valence-corrected chi connectivity index (χ2v) is 7.31. The fraction of sp³-hybridized carbons (Fsp3) is 0.261. The number of rotatable bonds is 5. The third kappa shape index (κ3) is 4.10. The molecule has 0 saturated carbocycles. The number of halogens is 1. The van der Waals surface area contributed by atoms with E-state index in [-0.39, 0.29) is 23.3 Å². The van der Waals surface area contributed by atoms with Gasteiger partial charge in [0, 0.05) is 31.4 Å². The number of hydrogen-bond donors (Lipinski definition) is 1. The van der Waals surface area contributed by atoms with Gasteiger partial charge in [0.1, 0.15) is 11.5 Å². The summed E-state index contributed by atoms with van der Waals surface area (Å²) in [4.78, 5) is 27.5. The van der Waals surface area contributed by atoms with Crippen LogP contribution in [0.1, 0.15) is 45.4 Å². The van der Waals surface area contributed by atoms with E-state index in [9.17, 15) is 14.0 Å². The van der Waals surface area contributed by atoms with Crippen LogP contribution < -0.4 is 5.32 Å². The highest BCUT2D eigenvalue weighted by atomic mass is 19.1. The van der Waals surface area contributed by atoms with Gasteiger partial charge in [-0.15, -0.1) is 0 Å². The Bertz CT molecular complexity index is 1090. The molecule has 0 bridgehead atoms. The van der Waals surface area contributed by atoms with Crippen LogP contribution in [0.2, 0.25) is 0 Å². The normalized spacial score (nSPS) is 13.7. The minimum absolute atomic E-state index is 0.205. The summed E-state index contributed by atoms with van der Waals surface area (Å²) in [6.07, 6.45) is 1.50. The summed E-state index contributed by atoms with van der Waals surface area (Å²) >= 11 is 0. The fourth-order valence-corrected chi connectivity index (χ4v) is 3.69. The highest BCUT2D eigenvalue weighted by molar-refractivity contribution is 6.05. The molecule has 1 aromatic heterocycles. The summed E-state index contributed by atoms with van der Waals surface area (Å²) in [7, 11) is 0. The summed E-state index contributed by atoms with van der Waals surface area (Å²) in [5, 5.41) is 7.26. The molecule has 154 valence electrons. The van der Waals surface area contributed by atoms with Crippen LogP contribution >= 0.6 is 0 Å². The molecule has 1 aliphatic rings. The van der Waals surface area contributed by atoms with E-state index >= 15 is 0 Å². The van der Waals surface area contributed by atoms with Crippen LogP contribution in [0.4, 0.5) is 10.1 Å². The summed E-state index contributed by atoms with van der Waals surface area (Å²) in [5.74, 6) is -0.885. The Hall–Kier alpha value is -3.48. The van der Waals surface area contributed by atoms with Gasteiger partial charge >= 0.3 is 0 Å². The number of fused-ring (bicyclic) bond motifs is 1. The van der Waals surface area contributed by atoms with Gasteiger partial charge in [0.15, 0.2) is 5.69 Å². The van der Waals surface area contributed by atoms with Crippen LogP contribution in [-0.4, -0.2) is 33.0 Å². The SMILES string of the molecule is CCc1ccccc1NC(=O)c1cc2n(n1)CCCN(Cc1cccc(F)c1)C2=O. The van der Waals surface area contributed by atoms with Gasteiger partial charge in [0.2, 0.25) is 0 Å². The van der Waals surface area contributed by atoms with Crippen molar-refractivity contribution in [3.63, 3.8) is 0 Å². The molecule has 2 aromatic carbocycles. The van der Waals surface area contributed by atoms with Crippen LogP contribution in [0, 0.1) is 5.82 Å². The molecule has 2 heterocycles. The molecule has 0 fully saturated rings. The third-order valence-corrected chi connectivity index (χ3v) is 5.23. The fourth-order valence-electron chi connectivity index (χ4n) is 3.69. The van der Waals surface area contributed by atoms with Gasteiger partial charge in [-0.3, -0.25) is 14.3 Å². The molecule has 0 atom stereocenters. The van der Waals surface area contributed by atoms with Crippen LogP contribution in [0.5, 0.6) is 0 Å². The van der Waals surface area contributed by atoms with E-state index in [1.807, 2.05) is 31.2 Å². The monoisotopic (exact) mass is 406 g/mol. The number of hydrogen-bond acceptors (Lipinski definition) is 3. The average molecular weight is 406 g/mol. The Kier molecular flexibility index (Phi) is 5.61. The van der Waals surface area contributed by atoms with E-state index < -0.39 is 0 Å². The number of carbonyl (C=O) groups is 2. The molecular formula is C23H23FN4O2. The molecule has 6 nitrogen and oxygen atoms in total. The number of nitrogens with one attached hydrogen (secondary N) is 1. The molecule has 0 radical (unpaired) electrons. The molecule has 4 rings (SSSR count). The maximum atomic E-state index is 13.5. The Labute approximate surface area is 174 Å². The maximum Gasteiger partial charge on any atom is 0.276 e. The number of aromatic nitrogens is 2. The standard InChI is InChI=1S/C23H23FN4O2/c1-2-17-8-3-4-10-19(17)25-22(29)20-14-21-23(30)27(11-6-12-28(21)26-20)15-16-7-5-9-18(24)13-16/h3-5,7-10,13-14H,2,6,11-12,15H2,1H3,(H,25,29). The predicted octanol–water partition coefficient (Wildman–Crippen LogP) is 3.88. The topological polar surface area (TPSA) is 67.2 Å². The lowest BCUT2D eigenvalue weighted by atomic mass is 10.1. The van der Waals surface area contributed by atoms with Crippen LogP contribution in [0.15, 0.2) is 54.6 Å². The average Bonchev–Trinajstić information content (AvgIpc) is 3.11. The first kappa shape index (κ1) is 19.8. The number of carbonyl (C=O) groups excluding carboxylic acids is 2. The minimum atomic E-state index is -0.346. The van der Waals surface area contributed by atoms with Gasteiger partial charge < -0.3 is 10.2 Å². The zero-order valence-electron chi connectivity index (χ0n) is 16.8. The quantitative estimate of drug-likeness (QED) is 0.699. The lowest BCUT2D eigenvalue weighted by Gasteiger charge is -2.20.